The number of hydrogen-bond acceptors (Lipinski definition) is 3. The molecule has 0 fully saturated rings. The molecule has 3 N–H and O–H groups in total. The van der Waals surface area contributed by atoms with Gasteiger partial charge in [0, 0.05) is 12.6 Å². The minimum atomic E-state index is -0.487. The van der Waals surface area contributed by atoms with Gasteiger partial charge in [-0.15, -0.1) is 0 Å². The molecule has 0 spiro atoms. The Labute approximate surface area is 141 Å². The van der Waals surface area contributed by atoms with Crippen LogP contribution in [0.5, 0.6) is 5.75 Å². The van der Waals surface area contributed by atoms with Crippen LogP contribution < -0.4 is 20.3 Å². The fourth-order valence-electron chi connectivity index (χ4n) is 2.49. The molecule has 0 aliphatic carbocycles. The summed E-state index contributed by atoms with van der Waals surface area (Å²) < 4.78 is 5.23. The van der Waals surface area contributed by atoms with Gasteiger partial charge >= 0.3 is 6.03 Å². The second-order valence-electron chi connectivity index (χ2n) is 5.86. The van der Waals surface area contributed by atoms with Crippen LogP contribution in [0.15, 0.2) is 36.4 Å². The van der Waals surface area contributed by atoms with Gasteiger partial charge in [-0.2, -0.15) is 0 Å². The molecule has 128 valence electrons. The van der Waals surface area contributed by atoms with E-state index in [9.17, 15) is 9.59 Å². The third kappa shape index (κ3) is 4.23. The van der Waals surface area contributed by atoms with Gasteiger partial charge in [0.1, 0.15) is 12.3 Å². The van der Waals surface area contributed by atoms with Crippen LogP contribution in [0.1, 0.15) is 12.5 Å². The van der Waals surface area contributed by atoms with Crippen molar-refractivity contribution in [1.82, 2.24) is 10.6 Å². The van der Waals surface area contributed by atoms with E-state index in [1.807, 2.05) is 25.2 Å². The van der Waals surface area contributed by atoms with Crippen molar-refractivity contribution >= 4 is 22.7 Å². The first-order chi connectivity index (χ1) is 11.4. The van der Waals surface area contributed by atoms with E-state index in [0.29, 0.717) is 6.54 Å². The summed E-state index contributed by atoms with van der Waals surface area (Å²) in [6.07, 6.45) is 0. The molecule has 24 heavy (non-hydrogen) atoms. The Morgan fingerprint density at radius 3 is 2.50 bits per heavy atom. The summed E-state index contributed by atoms with van der Waals surface area (Å²) in [5.74, 6) is 0.537. The highest BCUT2D eigenvalue weighted by atomic mass is 16.5. The van der Waals surface area contributed by atoms with Crippen LogP contribution in [0.4, 0.5) is 4.79 Å². The molecule has 2 atom stereocenters. The molecule has 1 unspecified atom stereocenters. The molecule has 3 amide bonds. The van der Waals surface area contributed by atoms with Crippen molar-refractivity contribution in [2.45, 2.75) is 19.5 Å². The molecule has 2 aromatic carbocycles. The lowest BCUT2D eigenvalue weighted by Gasteiger charge is -2.21. The van der Waals surface area contributed by atoms with Crippen molar-refractivity contribution in [3.63, 3.8) is 0 Å². The first-order valence-electron chi connectivity index (χ1n) is 7.86. The number of carbonyl (C=O) groups excluding carboxylic acids is 2. The zero-order valence-electron chi connectivity index (χ0n) is 14.5. The zero-order chi connectivity index (χ0) is 17.7. The molecule has 6 heteroatoms. The van der Waals surface area contributed by atoms with Gasteiger partial charge in [0.25, 0.3) is 5.91 Å². The van der Waals surface area contributed by atoms with Gasteiger partial charge in [0.2, 0.25) is 0 Å². The lowest BCUT2D eigenvalue weighted by molar-refractivity contribution is -0.908. The maximum atomic E-state index is 12.0. The zero-order valence-corrected chi connectivity index (χ0v) is 14.5. The molecular weight excluding hydrogens is 306 g/mol. The number of urea groups is 1. The molecule has 0 bridgehead atoms. The predicted molar refractivity (Wildman–Crippen MR) is 93.2 cm³/mol. The minimum Gasteiger partial charge on any atom is -0.497 e. The quantitative estimate of drug-likeness (QED) is 0.756. The molecule has 0 radical (unpaired) electrons. The third-order valence-electron chi connectivity index (χ3n) is 4.19. The number of ether oxygens (including phenoxy) is 1. The SMILES string of the molecule is CNC(=O)NC(=O)[C@H](C)[NH+](C)Cc1ccc2cc(OC)ccc2c1. The van der Waals surface area contributed by atoms with Gasteiger partial charge in [-0.05, 0) is 35.9 Å². The van der Waals surface area contributed by atoms with E-state index in [1.165, 1.54) is 7.05 Å². The van der Waals surface area contributed by atoms with Crippen molar-refractivity contribution in [3.05, 3.63) is 42.0 Å². The van der Waals surface area contributed by atoms with Crippen LogP contribution in [0.2, 0.25) is 0 Å². The Morgan fingerprint density at radius 2 is 1.83 bits per heavy atom. The fraction of sp³-hybridized carbons (Fsp3) is 0.333. The molecule has 0 aromatic heterocycles. The number of hydrogen-bond donors (Lipinski definition) is 3. The van der Waals surface area contributed by atoms with E-state index in [4.69, 9.17) is 4.74 Å². The molecule has 0 saturated heterocycles. The number of carbonyl (C=O) groups is 2. The summed E-state index contributed by atoms with van der Waals surface area (Å²) in [6.45, 7) is 2.49. The maximum absolute atomic E-state index is 12.0. The van der Waals surface area contributed by atoms with Crippen molar-refractivity contribution in [2.24, 2.45) is 0 Å². The number of benzene rings is 2. The number of rotatable bonds is 5. The van der Waals surface area contributed by atoms with E-state index in [-0.39, 0.29) is 11.9 Å². The number of methoxy groups -OCH3 is 1. The van der Waals surface area contributed by atoms with Crippen LogP contribution in [-0.2, 0) is 11.3 Å². The lowest BCUT2D eigenvalue weighted by Crippen LogP contribution is -3.12. The lowest BCUT2D eigenvalue weighted by atomic mass is 10.1. The van der Waals surface area contributed by atoms with Crippen LogP contribution in [0.25, 0.3) is 10.8 Å². The maximum Gasteiger partial charge on any atom is 0.321 e. The molecule has 0 aliphatic heterocycles. The monoisotopic (exact) mass is 330 g/mol. The second-order valence-corrected chi connectivity index (χ2v) is 5.86. The van der Waals surface area contributed by atoms with Gasteiger partial charge in [0.05, 0.1) is 14.2 Å². The Bertz CT molecular complexity index is 745. The standard InChI is InChI=1S/C18H23N3O3/c1-12(17(22)20-18(23)19-2)21(3)11-13-5-6-15-10-16(24-4)8-7-14(15)9-13/h5-10,12H,11H2,1-4H3,(H2,19,20,22,23)/p+1/t12-/m0/s1. The van der Waals surface area contributed by atoms with Crippen molar-refractivity contribution < 1.29 is 19.2 Å². The van der Waals surface area contributed by atoms with Crippen LogP contribution in [0.3, 0.4) is 0 Å². The van der Waals surface area contributed by atoms with E-state index in [2.05, 4.69) is 28.8 Å². The number of fused-ring (bicyclic) bond motifs is 1. The van der Waals surface area contributed by atoms with Crippen molar-refractivity contribution in [2.75, 3.05) is 21.2 Å². The van der Waals surface area contributed by atoms with Gasteiger partial charge < -0.3 is 15.0 Å². The topological polar surface area (TPSA) is 71.9 Å². The predicted octanol–water partition coefficient (Wildman–Crippen LogP) is 0.707. The van der Waals surface area contributed by atoms with Crippen LogP contribution in [0, 0.1) is 0 Å². The Balaban J connectivity index is 2.08. The normalized spacial score (nSPS) is 13.2. The number of nitrogens with one attached hydrogen (secondary N) is 3. The van der Waals surface area contributed by atoms with Crippen LogP contribution >= 0.6 is 0 Å². The average Bonchev–Trinajstić information content (AvgIpc) is 2.60. The number of imide groups is 1. The third-order valence-corrected chi connectivity index (χ3v) is 4.19. The van der Waals surface area contributed by atoms with E-state index < -0.39 is 6.03 Å². The van der Waals surface area contributed by atoms with Crippen molar-refractivity contribution in [3.8, 4) is 5.75 Å². The molecule has 0 heterocycles. The molecule has 2 rings (SSSR count). The first kappa shape index (κ1) is 17.7. The average molecular weight is 330 g/mol. The highest BCUT2D eigenvalue weighted by Gasteiger charge is 2.23. The molecule has 2 aromatic rings. The van der Waals surface area contributed by atoms with Gasteiger partial charge in [-0.25, -0.2) is 4.79 Å². The largest absolute Gasteiger partial charge is 0.497 e. The summed E-state index contributed by atoms with van der Waals surface area (Å²) in [6, 6.07) is 11.3. The van der Waals surface area contributed by atoms with Gasteiger partial charge in [-0.3, -0.25) is 10.1 Å². The minimum absolute atomic E-state index is 0.294. The number of likely N-dealkylation sites (N-methyl/N-ethyl adjacent to an activating group) is 1. The second kappa shape index (κ2) is 7.79. The summed E-state index contributed by atoms with van der Waals surface area (Å²) in [7, 11) is 5.07. The van der Waals surface area contributed by atoms with Crippen molar-refractivity contribution in [1.29, 1.82) is 0 Å². The van der Waals surface area contributed by atoms with E-state index in [1.54, 1.807) is 14.0 Å². The van der Waals surface area contributed by atoms with Gasteiger partial charge in [-0.1, -0.05) is 18.2 Å². The molecule has 6 nitrogen and oxygen atoms in total. The number of amides is 3. The van der Waals surface area contributed by atoms with E-state index >= 15 is 0 Å². The Morgan fingerprint density at radius 1 is 1.17 bits per heavy atom. The van der Waals surface area contributed by atoms with Gasteiger partial charge in [0.15, 0.2) is 6.04 Å². The Hall–Kier alpha value is -2.60. The summed E-state index contributed by atoms with van der Waals surface area (Å²) >= 11 is 0. The summed E-state index contributed by atoms with van der Waals surface area (Å²) in [5.41, 5.74) is 1.13. The fourth-order valence-corrected chi connectivity index (χ4v) is 2.49. The highest BCUT2D eigenvalue weighted by Crippen LogP contribution is 2.21. The van der Waals surface area contributed by atoms with E-state index in [0.717, 1.165) is 27.0 Å². The number of quaternary nitrogens is 1. The first-order valence-corrected chi connectivity index (χ1v) is 7.86. The van der Waals surface area contributed by atoms with Crippen LogP contribution in [-0.4, -0.2) is 39.2 Å². The molecular formula is C18H24N3O3+. The summed E-state index contributed by atoms with van der Waals surface area (Å²) in [4.78, 5) is 24.3. The summed E-state index contributed by atoms with van der Waals surface area (Å²) in [5, 5.41) is 6.93. The molecule has 0 aliphatic rings. The highest BCUT2D eigenvalue weighted by molar-refractivity contribution is 5.96. The smallest absolute Gasteiger partial charge is 0.321 e. The molecule has 0 saturated carbocycles. The Kier molecular flexibility index (Phi) is 5.76.